The Balaban J connectivity index is 1.95. The van der Waals surface area contributed by atoms with Gasteiger partial charge >= 0.3 is 0 Å². The Morgan fingerprint density at radius 2 is 1.44 bits per heavy atom. The summed E-state index contributed by atoms with van der Waals surface area (Å²) in [5, 5.41) is 1.24. The highest BCUT2D eigenvalue weighted by Gasteiger charge is 1.99. The third kappa shape index (κ3) is 3.22. The third-order valence-corrected chi connectivity index (χ3v) is 3.04. The number of ether oxygens (including phenoxy) is 1. The van der Waals surface area contributed by atoms with Gasteiger partial charge < -0.3 is 4.74 Å². The predicted octanol–water partition coefficient (Wildman–Crippen LogP) is 3.54. The number of rotatable bonds is 4. The van der Waals surface area contributed by atoms with Crippen molar-refractivity contribution in [3.63, 3.8) is 0 Å². The fraction of sp³-hybridized carbons (Fsp3) is 0. The summed E-state index contributed by atoms with van der Waals surface area (Å²) in [6.07, 6.45) is 0. The van der Waals surface area contributed by atoms with Gasteiger partial charge in [-0.1, -0.05) is 55.1 Å². The van der Waals surface area contributed by atoms with Gasteiger partial charge in [-0.3, -0.25) is 0 Å². The van der Waals surface area contributed by atoms with Crippen LogP contribution >= 0.6 is 8.58 Å². The standard InChI is InChI=1S/C14H13OP/c1-12(15-13-8-4-2-5-9-13)16-14-10-6-3-7-11-14/h2-11,16H,1H2. The predicted molar refractivity (Wildman–Crippen MR) is 70.6 cm³/mol. The summed E-state index contributed by atoms with van der Waals surface area (Å²) in [4.78, 5) is 0. The molecule has 2 rings (SSSR count). The molecule has 1 atom stereocenters. The quantitative estimate of drug-likeness (QED) is 0.574. The highest BCUT2D eigenvalue weighted by molar-refractivity contribution is 7.51. The maximum atomic E-state index is 5.64. The molecular formula is C14H13OP. The molecule has 0 aliphatic rings. The summed E-state index contributed by atoms with van der Waals surface area (Å²) in [7, 11) is 0.487. The first-order valence-corrected chi connectivity index (χ1v) is 6.08. The van der Waals surface area contributed by atoms with E-state index in [1.54, 1.807) is 0 Å². The average Bonchev–Trinajstić information content (AvgIpc) is 2.31. The van der Waals surface area contributed by atoms with E-state index in [-0.39, 0.29) is 0 Å². The van der Waals surface area contributed by atoms with Gasteiger partial charge in [0.25, 0.3) is 0 Å². The normalized spacial score (nSPS) is 10.5. The van der Waals surface area contributed by atoms with Crippen molar-refractivity contribution in [2.24, 2.45) is 0 Å². The molecule has 0 saturated heterocycles. The van der Waals surface area contributed by atoms with Crippen molar-refractivity contribution in [1.82, 2.24) is 0 Å². The van der Waals surface area contributed by atoms with Crippen molar-refractivity contribution >= 4 is 13.9 Å². The molecule has 0 aromatic heterocycles. The van der Waals surface area contributed by atoms with Gasteiger partial charge in [-0.15, -0.1) is 0 Å². The van der Waals surface area contributed by atoms with Gasteiger partial charge in [0.1, 0.15) is 11.2 Å². The van der Waals surface area contributed by atoms with Crippen molar-refractivity contribution in [2.75, 3.05) is 0 Å². The first kappa shape index (κ1) is 10.9. The van der Waals surface area contributed by atoms with Crippen LogP contribution < -0.4 is 10.0 Å². The van der Waals surface area contributed by atoms with Gasteiger partial charge in [-0.05, 0) is 26.0 Å². The molecule has 2 aromatic rings. The second-order valence-corrected chi connectivity index (χ2v) is 4.71. The van der Waals surface area contributed by atoms with Crippen molar-refractivity contribution in [2.45, 2.75) is 0 Å². The van der Waals surface area contributed by atoms with Crippen LogP contribution in [-0.2, 0) is 0 Å². The Kier molecular flexibility index (Phi) is 3.74. The van der Waals surface area contributed by atoms with Crippen LogP contribution in [0, 0.1) is 0 Å². The van der Waals surface area contributed by atoms with Crippen molar-refractivity contribution < 1.29 is 4.74 Å². The van der Waals surface area contributed by atoms with Crippen molar-refractivity contribution in [1.29, 1.82) is 0 Å². The highest BCUT2D eigenvalue weighted by atomic mass is 31.1. The fourth-order valence-electron chi connectivity index (χ4n) is 1.34. The van der Waals surface area contributed by atoms with Crippen LogP contribution in [-0.4, -0.2) is 0 Å². The highest BCUT2D eigenvalue weighted by Crippen LogP contribution is 2.24. The van der Waals surface area contributed by atoms with Gasteiger partial charge in [0.15, 0.2) is 0 Å². The molecule has 2 heteroatoms. The summed E-state index contributed by atoms with van der Waals surface area (Å²) in [6.45, 7) is 3.94. The van der Waals surface area contributed by atoms with E-state index in [4.69, 9.17) is 4.74 Å². The van der Waals surface area contributed by atoms with Crippen LogP contribution in [0.3, 0.4) is 0 Å². The molecule has 0 saturated carbocycles. The molecule has 0 fully saturated rings. The van der Waals surface area contributed by atoms with E-state index >= 15 is 0 Å². The zero-order valence-corrected chi connectivity index (χ0v) is 9.89. The van der Waals surface area contributed by atoms with Gasteiger partial charge in [-0.2, -0.15) is 0 Å². The lowest BCUT2D eigenvalue weighted by atomic mass is 10.3. The molecule has 1 nitrogen and oxygen atoms in total. The summed E-state index contributed by atoms with van der Waals surface area (Å²) in [5.74, 6) is 0.843. The van der Waals surface area contributed by atoms with Crippen molar-refractivity contribution in [3.05, 3.63) is 72.7 Å². The minimum atomic E-state index is 0.487. The molecule has 0 bridgehead atoms. The van der Waals surface area contributed by atoms with E-state index in [0.717, 1.165) is 11.2 Å². The molecule has 2 aromatic carbocycles. The van der Waals surface area contributed by atoms with Crippen LogP contribution in [0.15, 0.2) is 72.7 Å². The van der Waals surface area contributed by atoms with Gasteiger partial charge in [0.2, 0.25) is 0 Å². The van der Waals surface area contributed by atoms with E-state index in [2.05, 4.69) is 18.7 Å². The van der Waals surface area contributed by atoms with E-state index in [1.165, 1.54) is 5.30 Å². The maximum Gasteiger partial charge on any atom is 0.127 e. The largest absolute Gasteiger partial charge is 0.458 e. The van der Waals surface area contributed by atoms with Crippen LogP contribution in [0.2, 0.25) is 0 Å². The van der Waals surface area contributed by atoms with Gasteiger partial charge in [0, 0.05) is 0 Å². The molecular weight excluding hydrogens is 215 g/mol. The molecule has 0 N–H and O–H groups in total. The lowest BCUT2D eigenvalue weighted by Gasteiger charge is -2.08. The lowest BCUT2D eigenvalue weighted by molar-refractivity contribution is 0.467. The molecule has 0 aliphatic heterocycles. The third-order valence-electron chi connectivity index (χ3n) is 2.04. The minimum Gasteiger partial charge on any atom is -0.458 e. The monoisotopic (exact) mass is 228 g/mol. The second-order valence-electron chi connectivity index (χ2n) is 3.33. The molecule has 0 radical (unpaired) electrons. The van der Waals surface area contributed by atoms with Crippen LogP contribution in [0.25, 0.3) is 0 Å². The SMILES string of the molecule is C=C(Oc1ccccc1)Pc1ccccc1. The van der Waals surface area contributed by atoms with E-state index in [9.17, 15) is 0 Å². The average molecular weight is 228 g/mol. The molecule has 0 spiro atoms. The zero-order chi connectivity index (χ0) is 11.2. The van der Waals surface area contributed by atoms with Crippen LogP contribution in [0.5, 0.6) is 5.75 Å². The molecule has 0 aliphatic carbocycles. The van der Waals surface area contributed by atoms with Crippen molar-refractivity contribution in [3.8, 4) is 5.75 Å². The van der Waals surface area contributed by atoms with E-state index in [1.807, 2.05) is 48.5 Å². The molecule has 0 heterocycles. The van der Waals surface area contributed by atoms with E-state index < -0.39 is 0 Å². The van der Waals surface area contributed by atoms with Gasteiger partial charge in [-0.25, -0.2) is 0 Å². The first-order chi connectivity index (χ1) is 7.84. The number of benzene rings is 2. The number of hydrogen-bond acceptors (Lipinski definition) is 1. The van der Waals surface area contributed by atoms with E-state index in [0.29, 0.717) is 8.58 Å². The minimum absolute atomic E-state index is 0.487. The fourth-order valence-corrected chi connectivity index (χ4v) is 2.19. The molecule has 80 valence electrons. The summed E-state index contributed by atoms with van der Waals surface area (Å²) >= 11 is 0. The Hall–Kier alpha value is -1.59. The number of hydrogen-bond donors (Lipinski definition) is 0. The first-order valence-electron chi connectivity index (χ1n) is 5.08. The lowest BCUT2D eigenvalue weighted by Crippen LogP contribution is -1.96. The summed E-state index contributed by atoms with van der Waals surface area (Å²) < 4.78 is 5.64. The topological polar surface area (TPSA) is 9.23 Å². The van der Waals surface area contributed by atoms with Gasteiger partial charge in [0.05, 0.1) is 0 Å². The summed E-state index contributed by atoms with van der Waals surface area (Å²) in [6, 6.07) is 20.0. The Morgan fingerprint density at radius 3 is 2.06 bits per heavy atom. The zero-order valence-electron chi connectivity index (χ0n) is 8.89. The molecule has 16 heavy (non-hydrogen) atoms. The Bertz CT molecular complexity index is 407. The summed E-state index contributed by atoms with van der Waals surface area (Å²) in [5.41, 5.74) is 0.789. The Morgan fingerprint density at radius 1 is 0.875 bits per heavy atom. The molecule has 1 unspecified atom stereocenters. The van der Waals surface area contributed by atoms with Crippen LogP contribution in [0.1, 0.15) is 0 Å². The smallest absolute Gasteiger partial charge is 0.127 e. The Labute approximate surface area is 97.6 Å². The molecule has 0 amide bonds. The van der Waals surface area contributed by atoms with Crippen LogP contribution in [0.4, 0.5) is 0 Å². The number of para-hydroxylation sites is 1. The maximum absolute atomic E-state index is 5.64. The second kappa shape index (κ2) is 5.48.